The first-order valence-corrected chi connectivity index (χ1v) is 9.14. The van der Waals surface area contributed by atoms with E-state index < -0.39 is 0 Å². The highest BCUT2D eigenvalue weighted by Crippen LogP contribution is 2.23. The highest BCUT2D eigenvalue weighted by atomic mass is 16.5. The van der Waals surface area contributed by atoms with Crippen molar-refractivity contribution in [3.63, 3.8) is 0 Å². The van der Waals surface area contributed by atoms with E-state index in [4.69, 9.17) is 14.7 Å². The summed E-state index contributed by atoms with van der Waals surface area (Å²) in [4.78, 5) is 9.60. The van der Waals surface area contributed by atoms with E-state index in [2.05, 4.69) is 24.4 Å². The van der Waals surface area contributed by atoms with E-state index in [1.807, 2.05) is 72.8 Å². The molecule has 4 nitrogen and oxygen atoms in total. The molecule has 1 heterocycles. The number of ether oxygens (including phenoxy) is 1. The van der Waals surface area contributed by atoms with Crippen LogP contribution in [0.3, 0.4) is 0 Å². The zero-order valence-electron chi connectivity index (χ0n) is 15.9. The number of hydrogen-bond acceptors (Lipinski definition) is 4. The van der Waals surface area contributed by atoms with E-state index >= 15 is 0 Å². The molecule has 138 valence electrons. The number of methoxy groups -OCH3 is 1. The standard InChI is InChI=1S/C24H21N3O/c1-17-6-5-7-19(16-17)25-24-23(26-21-8-3-4-9-22(21)27-24)15-12-18-10-13-20(28-2)14-11-18/h3-16H,1-2H3,(H,25,27)/b15-12+. The molecule has 0 fully saturated rings. The van der Waals surface area contributed by atoms with Crippen molar-refractivity contribution < 1.29 is 4.74 Å². The maximum Gasteiger partial charge on any atom is 0.157 e. The van der Waals surface area contributed by atoms with Crippen LogP contribution in [0.2, 0.25) is 0 Å². The summed E-state index contributed by atoms with van der Waals surface area (Å²) in [6.45, 7) is 2.07. The molecule has 0 spiro atoms. The fraction of sp³-hybridized carbons (Fsp3) is 0.0833. The monoisotopic (exact) mass is 367 g/mol. The SMILES string of the molecule is COc1ccc(/C=C/c2nc3ccccc3nc2Nc2cccc(C)c2)cc1. The minimum atomic E-state index is 0.731. The highest BCUT2D eigenvalue weighted by molar-refractivity contribution is 5.83. The Morgan fingerprint density at radius 2 is 1.57 bits per heavy atom. The Morgan fingerprint density at radius 1 is 0.821 bits per heavy atom. The van der Waals surface area contributed by atoms with Crippen LogP contribution in [0.15, 0.2) is 72.8 Å². The van der Waals surface area contributed by atoms with Gasteiger partial charge in [0.2, 0.25) is 0 Å². The molecule has 0 amide bonds. The lowest BCUT2D eigenvalue weighted by Gasteiger charge is -2.10. The van der Waals surface area contributed by atoms with Gasteiger partial charge in [-0.25, -0.2) is 9.97 Å². The third-order valence-electron chi connectivity index (χ3n) is 4.43. The van der Waals surface area contributed by atoms with E-state index in [-0.39, 0.29) is 0 Å². The van der Waals surface area contributed by atoms with Gasteiger partial charge in [0.15, 0.2) is 5.82 Å². The van der Waals surface area contributed by atoms with Crippen LogP contribution in [-0.4, -0.2) is 17.1 Å². The zero-order valence-corrected chi connectivity index (χ0v) is 15.9. The number of hydrogen-bond donors (Lipinski definition) is 1. The number of nitrogens with one attached hydrogen (secondary N) is 1. The summed E-state index contributed by atoms with van der Waals surface area (Å²) in [5.74, 6) is 1.57. The minimum Gasteiger partial charge on any atom is -0.497 e. The summed E-state index contributed by atoms with van der Waals surface area (Å²) in [5, 5.41) is 3.42. The lowest BCUT2D eigenvalue weighted by molar-refractivity contribution is 0.415. The molecular weight excluding hydrogens is 346 g/mol. The normalized spacial score (nSPS) is 11.1. The summed E-state index contributed by atoms with van der Waals surface area (Å²) in [6, 6.07) is 24.0. The molecule has 4 rings (SSSR count). The Labute approximate surface area is 164 Å². The largest absolute Gasteiger partial charge is 0.497 e. The molecule has 1 N–H and O–H groups in total. The van der Waals surface area contributed by atoms with Gasteiger partial charge in [0.05, 0.1) is 18.1 Å². The van der Waals surface area contributed by atoms with Crippen molar-refractivity contribution in [3.05, 3.63) is 89.6 Å². The van der Waals surface area contributed by atoms with Crippen LogP contribution in [0.4, 0.5) is 11.5 Å². The van der Waals surface area contributed by atoms with E-state index in [9.17, 15) is 0 Å². The number of aryl methyl sites for hydroxylation is 1. The molecule has 28 heavy (non-hydrogen) atoms. The molecule has 0 saturated heterocycles. The molecule has 0 aliphatic carbocycles. The van der Waals surface area contributed by atoms with Crippen molar-refractivity contribution in [2.75, 3.05) is 12.4 Å². The first-order chi connectivity index (χ1) is 13.7. The van der Waals surface area contributed by atoms with E-state index in [1.165, 1.54) is 5.56 Å². The molecule has 3 aromatic carbocycles. The number of fused-ring (bicyclic) bond motifs is 1. The van der Waals surface area contributed by atoms with Crippen LogP contribution in [-0.2, 0) is 0 Å². The number of anilines is 2. The van der Waals surface area contributed by atoms with E-state index in [0.29, 0.717) is 0 Å². The third kappa shape index (κ3) is 4.01. The summed E-state index contributed by atoms with van der Waals surface area (Å²) in [5.41, 5.74) is 5.76. The maximum absolute atomic E-state index is 5.22. The fourth-order valence-corrected chi connectivity index (χ4v) is 2.97. The average molecular weight is 367 g/mol. The van der Waals surface area contributed by atoms with Gasteiger partial charge in [0, 0.05) is 5.69 Å². The molecule has 0 bridgehead atoms. The van der Waals surface area contributed by atoms with Gasteiger partial charge in [-0.1, -0.05) is 42.5 Å². The quantitative estimate of drug-likeness (QED) is 0.480. The van der Waals surface area contributed by atoms with Crippen molar-refractivity contribution >= 4 is 34.7 Å². The second-order valence-corrected chi connectivity index (χ2v) is 6.55. The minimum absolute atomic E-state index is 0.731. The van der Waals surface area contributed by atoms with Crippen LogP contribution in [0, 0.1) is 6.92 Å². The first kappa shape index (κ1) is 17.7. The molecule has 0 unspecified atom stereocenters. The fourth-order valence-electron chi connectivity index (χ4n) is 2.97. The lowest BCUT2D eigenvalue weighted by atomic mass is 10.2. The van der Waals surface area contributed by atoms with Gasteiger partial charge in [-0.05, 0) is 60.5 Å². The Kier molecular flexibility index (Phi) is 5.02. The van der Waals surface area contributed by atoms with E-state index in [1.54, 1.807) is 7.11 Å². The van der Waals surface area contributed by atoms with Gasteiger partial charge in [0.1, 0.15) is 11.4 Å². The van der Waals surface area contributed by atoms with Crippen molar-refractivity contribution in [2.45, 2.75) is 6.92 Å². The molecule has 0 aliphatic heterocycles. The summed E-state index contributed by atoms with van der Waals surface area (Å²) in [7, 11) is 1.67. The van der Waals surface area contributed by atoms with Crippen LogP contribution in [0.1, 0.15) is 16.8 Å². The molecule has 4 heteroatoms. The number of nitrogens with zero attached hydrogens (tertiary/aromatic N) is 2. The molecule has 0 saturated carbocycles. The predicted molar refractivity (Wildman–Crippen MR) is 116 cm³/mol. The van der Waals surface area contributed by atoms with Crippen molar-refractivity contribution in [1.82, 2.24) is 9.97 Å². The lowest BCUT2D eigenvalue weighted by Crippen LogP contribution is -2.00. The highest BCUT2D eigenvalue weighted by Gasteiger charge is 2.07. The predicted octanol–water partition coefficient (Wildman–Crippen LogP) is 5.86. The van der Waals surface area contributed by atoms with Gasteiger partial charge < -0.3 is 10.1 Å². The average Bonchev–Trinajstić information content (AvgIpc) is 2.72. The van der Waals surface area contributed by atoms with Gasteiger partial charge >= 0.3 is 0 Å². The van der Waals surface area contributed by atoms with Gasteiger partial charge in [-0.3, -0.25) is 0 Å². The molecule has 0 aliphatic rings. The van der Waals surface area contributed by atoms with Gasteiger partial charge in [-0.15, -0.1) is 0 Å². The first-order valence-electron chi connectivity index (χ1n) is 9.14. The third-order valence-corrected chi connectivity index (χ3v) is 4.43. The Balaban J connectivity index is 1.72. The molecule has 0 atom stereocenters. The number of para-hydroxylation sites is 2. The smallest absolute Gasteiger partial charge is 0.157 e. The van der Waals surface area contributed by atoms with E-state index in [0.717, 1.165) is 39.5 Å². The van der Waals surface area contributed by atoms with Gasteiger partial charge in [-0.2, -0.15) is 0 Å². The van der Waals surface area contributed by atoms with Crippen molar-refractivity contribution in [2.24, 2.45) is 0 Å². The summed E-state index contributed by atoms with van der Waals surface area (Å²) >= 11 is 0. The molecule has 1 aromatic heterocycles. The molecule has 4 aromatic rings. The maximum atomic E-state index is 5.22. The van der Waals surface area contributed by atoms with Gasteiger partial charge in [0.25, 0.3) is 0 Å². The zero-order chi connectivity index (χ0) is 19.3. The van der Waals surface area contributed by atoms with Crippen molar-refractivity contribution in [1.29, 1.82) is 0 Å². The number of rotatable bonds is 5. The Hall–Kier alpha value is -3.66. The Bertz CT molecular complexity index is 1130. The summed E-state index contributed by atoms with van der Waals surface area (Å²) in [6.07, 6.45) is 4.01. The molecular formula is C24H21N3O. The Morgan fingerprint density at radius 3 is 2.29 bits per heavy atom. The second kappa shape index (κ2) is 7.92. The van der Waals surface area contributed by atoms with Crippen LogP contribution < -0.4 is 10.1 Å². The van der Waals surface area contributed by atoms with Crippen molar-refractivity contribution in [3.8, 4) is 5.75 Å². The van der Waals surface area contributed by atoms with Crippen LogP contribution in [0.25, 0.3) is 23.2 Å². The van der Waals surface area contributed by atoms with Crippen LogP contribution >= 0.6 is 0 Å². The second-order valence-electron chi connectivity index (χ2n) is 6.55. The van der Waals surface area contributed by atoms with Crippen LogP contribution in [0.5, 0.6) is 5.75 Å². The number of aromatic nitrogens is 2. The topological polar surface area (TPSA) is 47.0 Å². The summed E-state index contributed by atoms with van der Waals surface area (Å²) < 4.78 is 5.22. The number of benzene rings is 3. The molecule has 0 radical (unpaired) electrons.